The first-order chi connectivity index (χ1) is 6.33. The molecule has 1 atom stereocenters. The molecule has 1 heterocycles. The van der Waals surface area contributed by atoms with Crippen LogP contribution in [-0.2, 0) is 0 Å². The summed E-state index contributed by atoms with van der Waals surface area (Å²) in [6.45, 7) is 3.36. The number of likely N-dealkylation sites (N-methyl/N-ethyl adjacent to an activating group) is 1. The second kappa shape index (κ2) is 11.0. The maximum Gasteiger partial charge on any atom is 0.0558 e. The van der Waals surface area contributed by atoms with Gasteiger partial charge in [-0.2, -0.15) is 0 Å². The summed E-state index contributed by atoms with van der Waals surface area (Å²) in [5, 5.41) is 12.2. The van der Waals surface area contributed by atoms with Gasteiger partial charge < -0.3 is 15.3 Å². The van der Waals surface area contributed by atoms with Crippen molar-refractivity contribution < 1.29 is 5.11 Å². The van der Waals surface area contributed by atoms with Gasteiger partial charge in [0.25, 0.3) is 0 Å². The molecule has 1 unspecified atom stereocenters. The summed E-state index contributed by atoms with van der Waals surface area (Å²) in [7, 11) is 2.07. The van der Waals surface area contributed by atoms with E-state index in [0.29, 0.717) is 0 Å². The minimum atomic E-state index is 0. The predicted octanol–water partition coefficient (Wildman–Crippen LogP) is 1.29. The van der Waals surface area contributed by atoms with Crippen LogP contribution < -0.4 is 5.32 Å². The normalized spacial score (nSPS) is 20.6. The zero-order valence-electron chi connectivity index (χ0n) is 9.45. The van der Waals surface area contributed by atoms with Gasteiger partial charge in [0.05, 0.1) is 6.61 Å². The van der Waals surface area contributed by atoms with Crippen molar-refractivity contribution in [3.05, 3.63) is 0 Å². The third kappa shape index (κ3) is 8.29. The first kappa shape index (κ1) is 17.8. The highest BCUT2D eigenvalue weighted by Crippen LogP contribution is 2.09. The average molecular weight is 259 g/mol. The molecular weight excluding hydrogens is 235 g/mol. The Bertz CT molecular complexity index is 133. The van der Waals surface area contributed by atoms with Crippen LogP contribution in [0.3, 0.4) is 0 Å². The molecule has 0 spiro atoms. The summed E-state index contributed by atoms with van der Waals surface area (Å²) in [4.78, 5) is 2.19. The van der Waals surface area contributed by atoms with Gasteiger partial charge in [0.15, 0.2) is 0 Å². The molecule has 1 aliphatic heterocycles. The average Bonchev–Trinajstić information content (AvgIpc) is 2.17. The zero-order valence-corrected chi connectivity index (χ0v) is 11.1. The van der Waals surface area contributed by atoms with E-state index in [1.165, 1.54) is 32.2 Å². The summed E-state index contributed by atoms with van der Waals surface area (Å²) in [6.07, 6.45) is 5.26. The SMILES string of the molecule is CN(CCO)CCC1CCCCN1.Cl.Cl. The van der Waals surface area contributed by atoms with E-state index in [0.717, 1.165) is 19.1 Å². The summed E-state index contributed by atoms with van der Waals surface area (Å²) >= 11 is 0. The van der Waals surface area contributed by atoms with E-state index >= 15 is 0 Å². The van der Waals surface area contributed by atoms with Crippen molar-refractivity contribution in [2.75, 3.05) is 33.3 Å². The Hall–Kier alpha value is 0.460. The van der Waals surface area contributed by atoms with E-state index in [1.54, 1.807) is 0 Å². The van der Waals surface area contributed by atoms with Crippen molar-refractivity contribution in [3.8, 4) is 0 Å². The van der Waals surface area contributed by atoms with Crippen molar-refractivity contribution in [3.63, 3.8) is 0 Å². The number of hydrogen-bond acceptors (Lipinski definition) is 3. The van der Waals surface area contributed by atoms with Crippen LogP contribution >= 0.6 is 24.8 Å². The molecule has 5 heteroatoms. The fraction of sp³-hybridized carbons (Fsp3) is 1.00. The quantitative estimate of drug-likeness (QED) is 0.781. The van der Waals surface area contributed by atoms with Crippen molar-refractivity contribution >= 4 is 24.8 Å². The molecule has 0 aromatic heterocycles. The van der Waals surface area contributed by atoms with Crippen LogP contribution in [0.1, 0.15) is 25.7 Å². The van der Waals surface area contributed by atoms with Crippen molar-refractivity contribution in [2.24, 2.45) is 0 Å². The minimum Gasteiger partial charge on any atom is -0.395 e. The Kier molecular flexibility index (Phi) is 13.0. The first-order valence-electron chi connectivity index (χ1n) is 5.35. The Morgan fingerprint density at radius 1 is 1.27 bits per heavy atom. The molecule has 0 radical (unpaired) electrons. The van der Waals surface area contributed by atoms with Gasteiger partial charge in [-0.05, 0) is 39.4 Å². The maximum atomic E-state index is 8.72. The maximum absolute atomic E-state index is 8.72. The molecular formula is C10H24Cl2N2O. The van der Waals surface area contributed by atoms with E-state index in [-0.39, 0.29) is 31.4 Å². The number of aliphatic hydroxyl groups is 1. The van der Waals surface area contributed by atoms with Crippen LogP contribution in [0.15, 0.2) is 0 Å². The topological polar surface area (TPSA) is 35.5 Å². The monoisotopic (exact) mass is 258 g/mol. The molecule has 0 bridgehead atoms. The molecule has 0 amide bonds. The second-order valence-corrected chi connectivity index (χ2v) is 3.96. The van der Waals surface area contributed by atoms with Crippen LogP contribution in [0.2, 0.25) is 0 Å². The largest absolute Gasteiger partial charge is 0.395 e. The molecule has 0 aromatic rings. The molecule has 0 aromatic carbocycles. The third-order valence-corrected chi connectivity index (χ3v) is 2.75. The molecule has 15 heavy (non-hydrogen) atoms. The van der Waals surface area contributed by atoms with Crippen molar-refractivity contribution in [2.45, 2.75) is 31.7 Å². The lowest BCUT2D eigenvalue weighted by Gasteiger charge is -2.25. The number of nitrogens with zero attached hydrogens (tertiary/aromatic N) is 1. The second-order valence-electron chi connectivity index (χ2n) is 3.96. The van der Waals surface area contributed by atoms with Crippen LogP contribution in [0.25, 0.3) is 0 Å². The highest BCUT2D eigenvalue weighted by atomic mass is 35.5. The summed E-state index contributed by atoms with van der Waals surface area (Å²) in [5.74, 6) is 0. The van der Waals surface area contributed by atoms with Gasteiger partial charge in [0.1, 0.15) is 0 Å². The van der Waals surface area contributed by atoms with Gasteiger partial charge in [-0.3, -0.25) is 0 Å². The summed E-state index contributed by atoms with van der Waals surface area (Å²) in [6, 6.07) is 0.717. The number of aliphatic hydroxyl groups excluding tert-OH is 1. The van der Waals surface area contributed by atoms with Gasteiger partial charge in [-0.1, -0.05) is 6.42 Å². The lowest BCUT2D eigenvalue weighted by atomic mass is 10.0. The van der Waals surface area contributed by atoms with Gasteiger partial charge in [0.2, 0.25) is 0 Å². The van der Waals surface area contributed by atoms with Crippen molar-refractivity contribution in [1.82, 2.24) is 10.2 Å². The molecule has 0 saturated carbocycles. The molecule has 1 saturated heterocycles. The Balaban J connectivity index is 0. The highest BCUT2D eigenvalue weighted by Gasteiger charge is 2.12. The summed E-state index contributed by atoms with van der Waals surface area (Å²) in [5.41, 5.74) is 0. The van der Waals surface area contributed by atoms with Crippen LogP contribution in [0.5, 0.6) is 0 Å². The van der Waals surface area contributed by atoms with Crippen LogP contribution in [0.4, 0.5) is 0 Å². The number of halogens is 2. The Morgan fingerprint density at radius 3 is 2.53 bits per heavy atom. The van der Waals surface area contributed by atoms with Crippen molar-refractivity contribution in [1.29, 1.82) is 0 Å². The van der Waals surface area contributed by atoms with E-state index in [9.17, 15) is 0 Å². The summed E-state index contributed by atoms with van der Waals surface area (Å²) < 4.78 is 0. The van der Waals surface area contributed by atoms with E-state index in [4.69, 9.17) is 5.11 Å². The molecule has 1 aliphatic rings. The Labute approximate surface area is 105 Å². The molecule has 2 N–H and O–H groups in total. The molecule has 1 fully saturated rings. The lowest BCUT2D eigenvalue weighted by Crippen LogP contribution is -2.37. The molecule has 0 aliphatic carbocycles. The molecule has 1 rings (SSSR count). The van der Waals surface area contributed by atoms with E-state index < -0.39 is 0 Å². The first-order valence-corrected chi connectivity index (χ1v) is 5.35. The van der Waals surface area contributed by atoms with Crippen LogP contribution in [0, 0.1) is 0 Å². The van der Waals surface area contributed by atoms with E-state index in [1.807, 2.05) is 0 Å². The lowest BCUT2D eigenvalue weighted by molar-refractivity contribution is 0.211. The van der Waals surface area contributed by atoms with Gasteiger partial charge in [-0.25, -0.2) is 0 Å². The van der Waals surface area contributed by atoms with Gasteiger partial charge in [0, 0.05) is 12.6 Å². The highest BCUT2D eigenvalue weighted by molar-refractivity contribution is 5.85. The van der Waals surface area contributed by atoms with Gasteiger partial charge in [-0.15, -0.1) is 24.8 Å². The number of piperidine rings is 1. The van der Waals surface area contributed by atoms with Crippen LogP contribution in [-0.4, -0.2) is 49.3 Å². The van der Waals surface area contributed by atoms with E-state index in [2.05, 4.69) is 17.3 Å². The fourth-order valence-electron chi connectivity index (χ4n) is 1.83. The number of nitrogens with one attached hydrogen (secondary N) is 1. The standard InChI is InChI=1S/C10H22N2O.2ClH/c1-12(8-9-13)7-5-10-4-2-3-6-11-10;;/h10-11,13H,2-9H2,1H3;2*1H. The number of hydrogen-bond donors (Lipinski definition) is 2. The third-order valence-electron chi connectivity index (χ3n) is 2.75. The zero-order chi connectivity index (χ0) is 9.52. The molecule has 3 nitrogen and oxygen atoms in total. The fourth-order valence-corrected chi connectivity index (χ4v) is 1.83. The van der Waals surface area contributed by atoms with Gasteiger partial charge >= 0.3 is 0 Å². The minimum absolute atomic E-state index is 0. The Morgan fingerprint density at radius 2 is 2.00 bits per heavy atom. The predicted molar refractivity (Wildman–Crippen MR) is 69.3 cm³/mol. The number of rotatable bonds is 5. The molecule has 94 valence electrons. The smallest absolute Gasteiger partial charge is 0.0558 e.